The summed E-state index contributed by atoms with van der Waals surface area (Å²) in [6, 6.07) is 0. The topological polar surface area (TPSA) is 61.9 Å². The van der Waals surface area contributed by atoms with E-state index in [0.29, 0.717) is 52.9 Å². The Morgan fingerprint density at radius 2 is 1.14 bits per heavy atom. The summed E-state index contributed by atoms with van der Waals surface area (Å²) in [6.07, 6.45) is 0. The second kappa shape index (κ2) is 15.2. The van der Waals surface area contributed by atoms with Gasteiger partial charge in [0.05, 0.1) is 68.7 Å². The summed E-state index contributed by atoms with van der Waals surface area (Å²) in [5.41, 5.74) is -1.61. The number of hydrogen-bond acceptors (Lipinski definition) is 8. The molecule has 1 aliphatic heterocycles. The Labute approximate surface area is 215 Å². The minimum absolute atomic E-state index is 0.369. The first-order valence-corrected chi connectivity index (χ1v) is 13.4. The number of likely N-dealkylation sites (N-methyl/N-ethyl adjacent to an activating group) is 1. The third-order valence-corrected chi connectivity index (χ3v) is 7.62. The highest BCUT2D eigenvalue weighted by Gasteiger charge is 2.40. The molecule has 0 aliphatic carbocycles. The van der Waals surface area contributed by atoms with Crippen molar-refractivity contribution in [1.29, 1.82) is 0 Å². The van der Waals surface area contributed by atoms with Gasteiger partial charge in [0, 0.05) is 39.3 Å². The number of ether oxygens (including phenoxy) is 6. The van der Waals surface area contributed by atoms with E-state index >= 15 is 0 Å². The lowest BCUT2D eigenvalue weighted by atomic mass is 9.89. The highest BCUT2D eigenvalue weighted by atomic mass is 16.6. The Kier molecular flexibility index (Phi) is 14.2. The van der Waals surface area contributed by atoms with Crippen molar-refractivity contribution in [3.63, 3.8) is 0 Å². The molecule has 0 aromatic carbocycles. The zero-order valence-corrected chi connectivity index (χ0v) is 24.5. The fourth-order valence-corrected chi connectivity index (χ4v) is 3.56. The van der Waals surface area contributed by atoms with Gasteiger partial charge in [-0.15, -0.1) is 0 Å². The Bertz CT molecular complexity index is 568. The van der Waals surface area contributed by atoms with Crippen molar-refractivity contribution in [3.05, 3.63) is 0 Å². The van der Waals surface area contributed by atoms with Gasteiger partial charge in [-0.3, -0.25) is 4.90 Å². The lowest BCUT2D eigenvalue weighted by Crippen LogP contribution is -2.51. The van der Waals surface area contributed by atoms with Gasteiger partial charge in [0.1, 0.15) is 0 Å². The second-order valence-electron chi connectivity index (χ2n) is 11.4. The fourth-order valence-electron chi connectivity index (χ4n) is 3.56. The van der Waals surface area contributed by atoms with Crippen molar-refractivity contribution in [2.75, 3.05) is 92.6 Å². The molecule has 35 heavy (non-hydrogen) atoms. The molecule has 0 radical (unpaired) electrons. The number of hydrogen-bond donors (Lipinski definition) is 0. The molecule has 0 atom stereocenters. The van der Waals surface area contributed by atoms with Crippen LogP contribution in [0.1, 0.15) is 62.3 Å². The summed E-state index contributed by atoms with van der Waals surface area (Å²) < 4.78 is 36.5. The van der Waals surface area contributed by atoms with Crippen LogP contribution in [-0.4, -0.2) is 125 Å². The zero-order valence-electron chi connectivity index (χ0n) is 24.5. The highest BCUT2D eigenvalue weighted by Crippen LogP contribution is 2.30. The van der Waals surface area contributed by atoms with Gasteiger partial charge < -0.3 is 33.3 Å². The van der Waals surface area contributed by atoms with Gasteiger partial charge in [0.2, 0.25) is 0 Å². The lowest BCUT2D eigenvalue weighted by Gasteiger charge is -2.42. The van der Waals surface area contributed by atoms with Crippen molar-refractivity contribution in [1.82, 2.24) is 9.80 Å². The first kappa shape index (κ1) is 32.7. The highest BCUT2D eigenvalue weighted by molar-refractivity contribution is 4.90. The van der Waals surface area contributed by atoms with Gasteiger partial charge in [0.25, 0.3) is 0 Å². The monoisotopic (exact) mass is 504 g/mol. The Hall–Kier alpha value is -0.320. The van der Waals surface area contributed by atoms with Crippen LogP contribution in [0, 0.1) is 0 Å². The molecule has 0 bridgehead atoms. The predicted octanol–water partition coefficient (Wildman–Crippen LogP) is 3.47. The number of nitrogens with zero attached hydrogens (tertiary/aromatic N) is 2. The normalized spacial score (nSPS) is 23.5. The molecule has 8 nitrogen and oxygen atoms in total. The van der Waals surface area contributed by atoms with Crippen molar-refractivity contribution in [3.8, 4) is 0 Å². The third-order valence-electron chi connectivity index (χ3n) is 7.62. The maximum Gasteiger partial charge on any atom is 0.0910 e. The van der Waals surface area contributed by atoms with E-state index in [4.69, 9.17) is 28.4 Å². The van der Waals surface area contributed by atoms with Crippen LogP contribution < -0.4 is 0 Å². The summed E-state index contributed by atoms with van der Waals surface area (Å²) in [7, 11) is 2.09. The molecule has 1 rings (SSSR count). The summed E-state index contributed by atoms with van der Waals surface area (Å²) in [5.74, 6) is 0. The first-order chi connectivity index (χ1) is 16.2. The average molecular weight is 505 g/mol. The Balaban J connectivity index is 2.72. The molecule has 1 fully saturated rings. The van der Waals surface area contributed by atoms with Crippen LogP contribution in [0.4, 0.5) is 0 Å². The molecule has 1 heterocycles. The van der Waals surface area contributed by atoms with Crippen molar-refractivity contribution in [2.24, 2.45) is 0 Å². The molecule has 1 saturated heterocycles. The predicted molar refractivity (Wildman–Crippen MR) is 141 cm³/mol. The average Bonchev–Trinajstić information content (AvgIpc) is 2.73. The summed E-state index contributed by atoms with van der Waals surface area (Å²) in [6.45, 7) is 28.0. The first-order valence-electron chi connectivity index (χ1n) is 13.4. The third kappa shape index (κ3) is 11.7. The van der Waals surface area contributed by atoms with E-state index in [0.717, 1.165) is 32.7 Å². The van der Waals surface area contributed by atoms with Crippen LogP contribution in [0.3, 0.4) is 0 Å². The molecule has 0 N–H and O–H groups in total. The van der Waals surface area contributed by atoms with Crippen molar-refractivity contribution >= 4 is 0 Å². The van der Waals surface area contributed by atoms with Crippen molar-refractivity contribution in [2.45, 2.75) is 84.7 Å². The van der Waals surface area contributed by atoms with E-state index in [2.05, 4.69) is 72.2 Å². The molecule has 0 spiro atoms. The van der Waals surface area contributed by atoms with Gasteiger partial charge in [-0.1, -0.05) is 0 Å². The zero-order chi connectivity index (χ0) is 26.6. The molecule has 0 saturated carbocycles. The summed E-state index contributed by atoms with van der Waals surface area (Å²) in [5, 5.41) is 0. The van der Waals surface area contributed by atoms with E-state index in [1.165, 1.54) is 0 Å². The SMILES string of the molecule is CCOC(C)(C)C(C)(C)OCCN1CCOCCOCCN(C)CCOC(C)(C)C(C)(C)OCC1. The fraction of sp³-hybridized carbons (Fsp3) is 1.00. The smallest absolute Gasteiger partial charge is 0.0910 e. The van der Waals surface area contributed by atoms with E-state index < -0.39 is 16.8 Å². The molecule has 0 aromatic heterocycles. The molecular weight excluding hydrogens is 448 g/mol. The minimum atomic E-state index is -0.428. The standard InChI is InChI=1S/C27H56N2O6/c1-11-32-24(2,3)25(4,5)34-20-15-29-14-18-31-23-22-30-17-12-28(10)13-19-33-26(6,7)27(8,9)35-21-16-29/h11-23H2,1-10H3. The van der Waals surface area contributed by atoms with Crippen molar-refractivity contribution < 1.29 is 28.4 Å². The molecule has 1 aliphatic rings. The van der Waals surface area contributed by atoms with Crippen LogP contribution >= 0.6 is 0 Å². The molecule has 0 aromatic rings. The maximum absolute atomic E-state index is 6.38. The maximum atomic E-state index is 6.38. The van der Waals surface area contributed by atoms with Crippen LogP contribution in [0.15, 0.2) is 0 Å². The molecule has 0 unspecified atom stereocenters. The lowest BCUT2D eigenvalue weighted by molar-refractivity contribution is -0.182. The second-order valence-corrected chi connectivity index (χ2v) is 11.4. The summed E-state index contributed by atoms with van der Waals surface area (Å²) in [4.78, 5) is 4.57. The molecule has 0 amide bonds. The van der Waals surface area contributed by atoms with Gasteiger partial charge in [-0.2, -0.15) is 0 Å². The quantitative estimate of drug-likeness (QED) is 0.522. The van der Waals surface area contributed by atoms with Gasteiger partial charge in [-0.25, -0.2) is 0 Å². The molecule has 210 valence electrons. The van der Waals surface area contributed by atoms with E-state index in [9.17, 15) is 0 Å². The molecule has 8 heteroatoms. The van der Waals surface area contributed by atoms with Gasteiger partial charge in [-0.05, 0) is 69.4 Å². The number of rotatable bonds is 7. The molecular formula is C27H56N2O6. The largest absolute Gasteiger partial charge is 0.378 e. The Morgan fingerprint density at radius 1 is 0.686 bits per heavy atom. The summed E-state index contributed by atoms with van der Waals surface area (Å²) >= 11 is 0. The van der Waals surface area contributed by atoms with Crippen LogP contribution in [0.5, 0.6) is 0 Å². The van der Waals surface area contributed by atoms with E-state index in [1.807, 2.05) is 6.92 Å². The van der Waals surface area contributed by atoms with Gasteiger partial charge in [0.15, 0.2) is 0 Å². The van der Waals surface area contributed by atoms with Crippen LogP contribution in [0.25, 0.3) is 0 Å². The van der Waals surface area contributed by atoms with Crippen LogP contribution in [0.2, 0.25) is 0 Å². The van der Waals surface area contributed by atoms with Gasteiger partial charge >= 0.3 is 0 Å². The minimum Gasteiger partial charge on any atom is -0.378 e. The van der Waals surface area contributed by atoms with Crippen LogP contribution in [-0.2, 0) is 28.4 Å². The van der Waals surface area contributed by atoms with E-state index in [-0.39, 0.29) is 5.60 Å². The van der Waals surface area contributed by atoms with E-state index in [1.54, 1.807) is 0 Å². The Morgan fingerprint density at radius 3 is 1.71 bits per heavy atom.